The summed E-state index contributed by atoms with van der Waals surface area (Å²) in [5, 5.41) is 8.14. The topological polar surface area (TPSA) is 15.6 Å². The van der Waals surface area contributed by atoms with Crippen molar-refractivity contribution in [2.45, 2.75) is 12.5 Å². The number of nitrogens with zero attached hydrogens (tertiary/aromatic N) is 2. The molecule has 0 aromatic heterocycles. The molecule has 0 saturated heterocycles. The van der Waals surface area contributed by atoms with Crippen molar-refractivity contribution in [2.75, 3.05) is 5.01 Å². The minimum atomic E-state index is -0.266. The molecule has 0 saturated carbocycles. The summed E-state index contributed by atoms with van der Waals surface area (Å²) in [7, 11) is 0. The first kappa shape index (κ1) is 17.1. The molecule has 3 aromatic carbocycles. The van der Waals surface area contributed by atoms with Crippen molar-refractivity contribution in [3.05, 3.63) is 99.8 Å². The molecule has 0 radical (unpaired) electrons. The van der Waals surface area contributed by atoms with Crippen LogP contribution in [0.15, 0.2) is 77.9 Å². The maximum absolute atomic E-state index is 13.3. The minimum absolute atomic E-state index is 0.0170. The molecule has 0 bridgehead atoms. The summed E-state index contributed by atoms with van der Waals surface area (Å²) in [6.07, 6.45) is 0.737. The Hall–Kier alpha value is -2.36. The third-order valence-electron chi connectivity index (χ3n) is 4.43. The molecule has 2 nitrogen and oxygen atoms in total. The van der Waals surface area contributed by atoms with Gasteiger partial charge in [-0.1, -0.05) is 47.5 Å². The number of hydrazone groups is 1. The molecule has 26 heavy (non-hydrogen) atoms. The summed E-state index contributed by atoms with van der Waals surface area (Å²) >= 11 is 12.0. The lowest BCUT2D eigenvalue weighted by Crippen LogP contribution is -2.18. The second-order valence-electron chi connectivity index (χ2n) is 6.15. The van der Waals surface area contributed by atoms with Gasteiger partial charge in [0.25, 0.3) is 0 Å². The highest BCUT2D eigenvalue weighted by Gasteiger charge is 2.29. The molecule has 0 spiro atoms. The van der Waals surface area contributed by atoms with Gasteiger partial charge < -0.3 is 0 Å². The summed E-state index contributed by atoms with van der Waals surface area (Å²) in [6.45, 7) is 0. The van der Waals surface area contributed by atoms with E-state index in [1.807, 2.05) is 53.5 Å². The molecule has 5 heteroatoms. The normalized spacial score (nSPS) is 16.7. The van der Waals surface area contributed by atoms with Gasteiger partial charge >= 0.3 is 0 Å². The molecule has 1 aliphatic rings. The van der Waals surface area contributed by atoms with E-state index in [2.05, 4.69) is 0 Å². The van der Waals surface area contributed by atoms with Crippen LogP contribution in [-0.4, -0.2) is 5.71 Å². The predicted molar refractivity (Wildman–Crippen MR) is 106 cm³/mol. The monoisotopic (exact) mass is 384 g/mol. The summed E-state index contributed by atoms with van der Waals surface area (Å²) < 4.78 is 13.3. The van der Waals surface area contributed by atoms with Crippen LogP contribution >= 0.6 is 23.2 Å². The van der Waals surface area contributed by atoms with Gasteiger partial charge in [0.05, 0.1) is 17.4 Å². The van der Waals surface area contributed by atoms with Gasteiger partial charge in [0.15, 0.2) is 0 Å². The Morgan fingerprint density at radius 3 is 2.00 bits per heavy atom. The Labute approximate surface area is 161 Å². The molecular formula is C21H15Cl2FN2. The van der Waals surface area contributed by atoms with Crippen LogP contribution in [0.3, 0.4) is 0 Å². The lowest BCUT2D eigenvalue weighted by molar-refractivity contribution is 0.626. The standard InChI is InChI=1S/C21H15Cl2FN2/c22-16-5-1-14(2-6-16)20-13-21(15-3-7-17(23)8-4-15)26(25-20)19-11-9-18(24)10-12-19/h1-12,21H,13H2/t21-/m0/s1. The Balaban J connectivity index is 1.74. The fraction of sp³-hybridized carbons (Fsp3) is 0.0952. The van der Waals surface area contributed by atoms with Crippen molar-refractivity contribution in [3.63, 3.8) is 0 Å². The molecule has 1 aliphatic heterocycles. The van der Waals surface area contributed by atoms with Crippen LogP contribution < -0.4 is 5.01 Å². The predicted octanol–water partition coefficient (Wildman–Crippen LogP) is 6.49. The molecule has 130 valence electrons. The van der Waals surface area contributed by atoms with Gasteiger partial charge in [0.2, 0.25) is 0 Å². The van der Waals surface area contributed by atoms with Gasteiger partial charge in [-0.2, -0.15) is 5.10 Å². The van der Waals surface area contributed by atoms with Gasteiger partial charge in [0, 0.05) is 16.5 Å². The van der Waals surface area contributed by atoms with Crippen molar-refractivity contribution >= 4 is 34.6 Å². The Morgan fingerprint density at radius 1 is 0.808 bits per heavy atom. The number of hydrogen-bond donors (Lipinski definition) is 0. The van der Waals surface area contributed by atoms with Crippen LogP contribution in [-0.2, 0) is 0 Å². The number of halogens is 3. The molecule has 3 aromatic rings. The van der Waals surface area contributed by atoms with Gasteiger partial charge in [-0.3, -0.25) is 5.01 Å². The first-order valence-electron chi connectivity index (χ1n) is 8.24. The fourth-order valence-electron chi connectivity index (χ4n) is 3.10. The van der Waals surface area contributed by atoms with E-state index in [0.717, 1.165) is 28.9 Å². The number of anilines is 1. The highest BCUT2D eigenvalue weighted by Crippen LogP contribution is 2.37. The largest absolute Gasteiger partial charge is 0.257 e. The zero-order valence-electron chi connectivity index (χ0n) is 13.7. The molecule has 4 rings (SSSR count). The highest BCUT2D eigenvalue weighted by molar-refractivity contribution is 6.31. The maximum Gasteiger partial charge on any atom is 0.123 e. The highest BCUT2D eigenvalue weighted by atomic mass is 35.5. The molecule has 0 aliphatic carbocycles. The quantitative estimate of drug-likeness (QED) is 0.503. The third-order valence-corrected chi connectivity index (χ3v) is 4.94. The summed E-state index contributed by atoms with van der Waals surface area (Å²) in [4.78, 5) is 0. The Bertz CT molecular complexity index is 935. The van der Waals surface area contributed by atoms with E-state index < -0.39 is 0 Å². The van der Waals surface area contributed by atoms with Crippen molar-refractivity contribution < 1.29 is 4.39 Å². The van der Waals surface area contributed by atoms with Crippen LogP contribution in [0.4, 0.5) is 10.1 Å². The second kappa shape index (κ2) is 7.10. The second-order valence-corrected chi connectivity index (χ2v) is 7.02. The van der Waals surface area contributed by atoms with Gasteiger partial charge in [-0.15, -0.1) is 0 Å². The van der Waals surface area contributed by atoms with Crippen molar-refractivity contribution in [1.29, 1.82) is 0 Å². The molecule has 0 unspecified atom stereocenters. The van der Waals surface area contributed by atoms with E-state index in [9.17, 15) is 4.39 Å². The number of benzene rings is 3. The minimum Gasteiger partial charge on any atom is -0.257 e. The van der Waals surface area contributed by atoms with Gasteiger partial charge in [-0.05, 0) is 59.7 Å². The van der Waals surface area contributed by atoms with Crippen molar-refractivity contribution in [1.82, 2.24) is 0 Å². The lowest BCUT2D eigenvalue weighted by atomic mass is 9.98. The summed E-state index contributed by atoms with van der Waals surface area (Å²) in [5.41, 5.74) is 3.94. The zero-order chi connectivity index (χ0) is 18.1. The van der Waals surface area contributed by atoms with Crippen LogP contribution in [0.5, 0.6) is 0 Å². The average Bonchev–Trinajstić information content (AvgIpc) is 3.09. The van der Waals surface area contributed by atoms with E-state index in [-0.39, 0.29) is 11.9 Å². The van der Waals surface area contributed by atoms with Crippen LogP contribution in [0.2, 0.25) is 10.0 Å². The molecule has 0 N–H and O–H groups in total. The maximum atomic E-state index is 13.3. The van der Waals surface area contributed by atoms with E-state index in [1.54, 1.807) is 12.1 Å². The van der Waals surface area contributed by atoms with Crippen molar-refractivity contribution in [3.8, 4) is 0 Å². The van der Waals surface area contributed by atoms with E-state index in [0.29, 0.717) is 10.0 Å². The fourth-order valence-corrected chi connectivity index (χ4v) is 3.36. The number of hydrogen-bond acceptors (Lipinski definition) is 2. The van der Waals surface area contributed by atoms with E-state index >= 15 is 0 Å². The molecule has 1 atom stereocenters. The third kappa shape index (κ3) is 3.46. The average molecular weight is 385 g/mol. The van der Waals surface area contributed by atoms with Crippen molar-refractivity contribution in [2.24, 2.45) is 5.10 Å². The van der Waals surface area contributed by atoms with E-state index in [4.69, 9.17) is 28.3 Å². The van der Waals surface area contributed by atoms with Crippen LogP contribution in [0.25, 0.3) is 0 Å². The van der Waals surface area contributed by atoms with E-state index in [1.165, 1.54) is 12.1 Å². The zero-order valence-corrected chi connectivity index (χ0v) is 15.3. The first-order chi connectivity index (χ1) is 12.6. The van der Waals surface area contributed by atoms with Gasteiger partial charge in [0.1, 0.15) is 5.82 Å². The Kier molecular flexibility index (Phi) is 4.66. The molecule has 1 heterocycles. The molecule has 0 fully saturated rings. The number of rotatable bonds is 3. The SMILES string of the molecule is Fc1ccc(N2N=C(c3ccc(Cl)cc3)C[C@H]2c2ccc(Cl)cc2)cc1. The van der Waals surface area contributed by atoms with Crippen LogP contribution in [0.1, 0.15) is 23.6 Å². The summed E-state index contributed by atoms with van der Waals surface area (Å²) in [6, 6.07) is 21.8. The smallest absolute Gasteiger partial charge is 0.123 e. The Morgan fingerprint density at radius 2 is 1.38 bits per heavy atom. The lowest BCUT2D eigenvalue weighted by Gasteiger charge is -2.24. The molecular weight excluding hydrogens is 370 g/mol. The molecule has 0 amide bonds. The van der Waals surface area contributed by atoms with Crippen LogP contribution in [0, 0.1) is 5.82 Å². The summed E-state index contributed by atoms with van der Waals surface area (Å²) in [5.74, 6) is -0.266. The first-order valence-corrected chi connectivity index (χ1v) is 8.99. The van der Waals surface area contributed by atoms with Gasteiger partial charge in [-0.25, -0.2) is 4.39 Å².